The van der Waals surface area contributed by atoms with E-state index >= 15 is 0 Å². The van der Waals surface area contributed by atoms with Crippen molar-refractivity contribution in [1.29, 1.82) is 0 Å². The van der Waals surface area contributed by atoms with Gasteiger partial charge in [0.15, 0.2) is 0 Å². The molecule has 6 nitrogen and oxygen atoms in total. The lowest BCUT2D eigenvalue weighted by Gasteiger charge is -2.03. The fourth-order valence-corrected chi connectivity index (χ4v) is 1.35. The fourth-order valence-electron chi connectivity index (χ4n) is 1.35. The van der Waals surface area contributed by atoms with Crippen LogP contribution in [0.15, 0.2) is 42.5 Å². The molecule has 7 heteroatoms. The van der Waals surface area contributed by atoms with E-state index in [1.54, 1.807) is 0 Å². The lowest BCUT2D eigenvalue weighted by atomic mass is 10.1. The summed E-state index contributed by atoms with van der Waals surface area (Å²) in [5, 5.41) is 2.36. The van der Waals surface area contributed by atoms with E-state index in [0.29, 0.717) is 0 Å². The van der Waals surface area contributed by atoms with E-state index in [-0.39, 0.29) is 0 Å². The van der Waals surface area contributed by atoms with Crippen LogP contribution in [0.4, 0.5) is 5.69 Å². The van der Waals surface area contributed by atoms with E-state index in [9.17, 15) is 0 Å². The number of benzene rings is 2. The molecule has 0 atom stereocenters. The lowest BCUT2D eigenvalue weighted by molar-refractivity contribution is 0.381. The average molecular weight is 256 g/mol. The third-order valence-electron chi connectivity index (χ3n) is 1.95. The van der Waals surface area contributed by atoms with Crippen molar-refractivity contribution >= 4 is 26.9 Å². The molecule has 0 aliphatic heterocycles. The van der Waals surface area contributed by atoms with Crippen LogP contribution in [-0.4, -0.2) is 17.5 Å². The molecule has 0 unspecified atom stereocenters. The maximum Gasteiger partial charge on any atom is 0.394 e. The number of fused-ring (bicyclic) bond motifs is 1. The van der Waals surface area contributed by atoms with Gasteiger partial charge in [-0.25, -0.2) is 0 Å². The van der Waals surface area contributed by atoms with E-state index < -0.39 is 10.4 Å². The number of rotatable bonds is 1. The van der Waals surface area contributed by atoms with Crippen molar-refractivity contribution in [2.24, 2.45) is 5.84 Å². The first kappa shape index (κ1) is 13.4. The van der Waals surface area contributed by atoms with Crippen molar-refractivity contribution in [2.75, 3.05) is 5.43 Å². The quantitative estimate of drug-likeness (QED) is 0.349. The minimum atomic E-state index is -4.67. The van der Waals surface area contributed by atoms with Gasteiger partial charge in [0, 0.05) is 5.39 Å². The van der Waals surface area contributed by atoms with E-state index in [0.717, 1.165) is 11.1 Å². The maximum atomic E-state index is 8.74. The number of nitrogen functional groups attached to an aromatic ring is 1. The Labute approximate surface area is 98.6 Å². The third-order valence-corrected chi connectivity index (χ3v) is 1.95. The second-order valence-electron chi connectivity index (χ2n) is 3.12. The first-order valence-electron chi connectivity index (χ1n) is 4.56. The summed E-state index contributed by atoms with van der Waals surface area (Å²) in [6.07, 6.45) is 0. The maximum absolute atomic E-state index is 8.74. The predicted octanol–water partition coefficient (Wildman–Crippen LogP) is 1.47. The minimum absolute atomic E-state index is 0.966. The van der Waals surface area contributed by atoms with Crippen LogP contribution in [0.2, 0.25) is 0 Å². The highest BCUT2D eigenvalue weighted by atomic mass is 32.3. The number of nitrogens with two attached hydrogens (primary N) is 1. The van der Waals surface area contributed by atoms with Crippen LogP contribution in [0.25, 0.3) is 10.8 Å². The van der Waals surface area contributed by atoms with Crippen LogP contribution >= 0.6 is 0 Å². The zero-order valence-electron chi connectivity index (χ0n) is 8.74. The number of hydrogen-bond donors (Lipinski definition) is 4. The topological polar surface area (TPSA) is 113 Å². The van der Waals surface area contributed by atoms with Gasteiger partial charge in [0.1, 0.15) is 0 Å². The van der Waals surface area contributed by atoms with Crippen LogP contribution in [0.1, 0.15) is 0 Å². The van der Waals surface area contributed by atoms with Crippen LogP contribution < -0.4 is 11.3 Å². The summed E-state index contributed by atoms with van der Waals surface area (Å²) in [4.78, 5) is 0. The highest BCUT2D eigenvalue weighted by molar-refractivity contribution is 7.79. The molecule has 0 radical (unpaired) electrons. The summed E-state index contributed by atoms with van der Waals surface area (Å²) in [5.74, 6) is 5.37. The molecule has 2 rings (SSSR count). The number of hydrazine groups is 1. The second kappa shape index (κ2) is 5.60. The predicted molar refractivity (Wildman–Crippen MR) is 65.9 cm³/mol. The Bertz CT molecular complexity index is 585. The van der Waals surface area contributed by atoms with Crippen molar-refractivity contribution in [2.45, 2.75) is 0 Å². The summed E-state index contributed by atoms with van der Waals surface area (Å²) in [6, 6.07) is 14.1. The Morgan fingerprint density at radius 2 is 1.53 bits per heavy atom. The Balaban J connectivity index is 0.000000249. The van der Waals surface area contributed by atoms with Gasteiger partial charge in [0.25, 0.3) is 0 Å². The highest BCUT2D eigenvalue weighted by Gasteiger charge is 1.95. The molecule has 2 aromatic carbocycles. The van der Waals surface area contributed by atoms with Crippen molar-refractivity contribution in [3.8, 4) is 0 Å². The lowest BCUT2D eigenvalue weighted by Crippen LogP contribution is -2.06. The van der Waals surface area contributed by atoms with Crippen LogP contribution in [0, 0.1) is 0 Å². The Hall–Kier alpha value is -1.67. The zero-order valence-corrected chi connectivity index (χ0v) is 9.55. The summed E-state index contributed by atoms with van der Waals surface area (Å²) < 4.78 is 31.6. The van der Waals surface area contributed by atoms with E-state index in [4.69, 9.17) is 23.4 Å². The largest absolute Gasteiger partial charge is 0.394 e. The van der Waals surface area contributed by atoms with Gasteiger partial charge >= 0.3 is 10.4 Å². The molecule has 0 saturated carbocycles. The minimum Gasteiger partial charge on any atom is -0.324 e. The molecule has 0 spiro atoms. The molecular formula is C10H12N2O4S. The van der Waals surface area contributed by atoms with Crippen molar-refractivity contribution in [3.63, 3.8) is 0 Å². The number of hydrogen-bond acceptors (Lipinski definition) is 4. The Kier molecular flexibility index (Phi) is 4.41. The molecule has 92 valence electrons. The van der Waals surface area contributed by atoms with Gasteiger partial charge in [-0.05, 0) is 11.5 Å². The molecule has 0 aromatic heterocycles. The van der Waals surface area contributed by atoms with Gasteiger partial charge in [-0.1, -0.05) is 36.4 Å². The first-order chi connectivity index (χ1) is 7.92. The van der Waals surface area contributed by atoms with Gasteiger partial charge in [-0.2, -0.15) is 8.42 Å². The third kappa shape index (κ3) is 4.79. The number of nitrogens with one attached hydrogen (secondary N) is 1. The average Bonchev–Trinajstić information content (AvgIpc) is 2.26. The number of anilines is 1. The Morgan fingerprint density at radius 1 is 1.00 bits per heavy atom. The van der Waals surface area contributed by atoms with Crippen molar-refractivity contribution in [1.82, 2.24) is 0 Å². The van der Waals surface area contributed by atoms with Crippen LogP contribution in [-0.2, 0) is 10.4 Å². The smallest absolute Gasteiger partial charge is 0.324 e. The van der Waals surface area contributed by atoms with E-state index in [2.05, 4.69) is 17.6 Å². The normalized spacial score (nSPS) is 10.5. The van der Waals surface area contributed by atoms with Crippen molar-refractivity contribution in [3.05, 3.63) is 42.5 Å². The molecule has 5 N–H and O–H groups in total. The molecule has 0 amide bonds. The summed E-state index contributed by atoms with van der Waals surface area (Å²) in [7, 11) is -4.67. The molecule has 0 aliphatic rings. The first-order valence-corrected chi connectivity index (χ1v) is 5.96. The SMILES string of the molecule is NNc1cccc2ccccc12.O=S(=O)(O)O. The second-order valence-corrected chi connectivity index (χ2v) is 4.01. The summed E-state index contributed by atoms with van der Waals surface area (Å²) >= 11 is 0. The van der Waals surface area contributed by atoms with Gasteiger partial charge in [-0.15, -0.1) is 0 Å². The monoisotopic (exact) mass is 256 g/mol. The van der Waals surface area contributed by atoms with Gasteiger partial charge in [0.2, 0.25) is 0 Å². The molecule has 0 aliphatic carbocycles. The molecule has 0 saturated heterocycles. The summed E-state index contributed by atoms with van der Waals surface area (Å²) in [5.41, 5.74) is 3.64. The van der Waals surface area contributed by atoms with Crippen molar-refractivity contribution < 1.29 is 17.5 Å². The molecule has 0 bridgehead atoms. The summed E-state index contributed by atoms with van der Waals surface area (Å²) in [6.45, 7) is 0. The molecule has 2 aromatic rings. The zero-order chi connectivity index (χ0) is 12.9. The van der Waals surface area contributed by atoms with Gasteiger partial charge < -0.3 is 5.43 Å². The van der Waals surface area contributed by atoms with Crippen LogP contribution in [0.5, 0.6) is 0 Å². The molecule has 17 heavy (non-hydrogen) atoms. The van der Waals surface area contributed by atoms with Crippen LogP contribution in [0.3, 0.4) is 0 Å². The standard InChI is InChI=1S/C10H10N2.H2O4S/c11-12-10-7-3-5-8-4-1-2-6-9(8)10;1-5(2,3)4/h1-7,12H,11H2;(H2,1,2,3,4). The van der Waals surface area contributed by atoms with E-state index in [1.807, 2.05) is 30.3 Å². The highest BCUT2D eigenvalue weighted by Crippen LogP contribution is 2.21. The molecular weight excluding hydrogens is 244 g/mol. The Morgan fingerprint density at radius 3 is 2.12 bits per heavy atom. The van der Waals surface area contributed by atoms with E-state index in [1.165, 1.54) is 5.39 Å². The fraction of sp³-hybridized carbons (Fsp3) is 0. The van der Waals surface area contributed by atoms with Gasteiger partial charge in [0.05, 0.1) is 5.69 Å². The van der Waals surface area contributed by atoms with Gasteiger partial charge in [-0.3, -0.25) is 14.9 Å². The molecule has 0 heterocycles. The molecule has 0 fully saturated rings.